The van der Waals surface area contributed by atoms with Crippen LogP contribution >= 0.6 is 11.8 Å². The molecule has 0 fully saturated rings. The van der Waals surface area contributed by atoms with Crippen molar-refractivity contribution in [1.82, 2.24) is 5.32 Å². The van der Waals surface area contributed by atoms with E-state index >= 15 is 0 Å². The molecule has 4 heteroatoms. The van der Waals surface area contributed by atoms with Crippen LogP contribution < -0.4 is 5.32 Å². The number of rotatable bonds is 3. The number of nitrogens with one attached hydrogen (secondary N) is 1. The van der Waals surface area contributed by atoms with Crippen LogP contribution in [0.25, 0.3) is 0 Å². The molecule has 1 amide bonds. The van der Waals surface area contributed by atoms with Gasteiger partial charge in [0.1, 0.15) is 5.82 Å². The van der Waals surface area contributed by atoms with Crippen LogP contribution in [0.5, 0.6) is 0 Å². The SMILES string of the molecule is CCc1ccc(C(=O)N[C@@H]2CCSc3c(F)cccc32)cc1. The maximum Gasteiger partial charge on any atom is 0.251 e. The fourth-order valence-electron chi connectivity index (χ4n) is 2.67. The van der Waals surface area contributed by atoms with Gasteiger partial charge in [0.2, 0.25) is 0 Å². The highest BCUT2D eigenvalue weighted by Gasteiger charge is 2.24. The van der Waals surface area contributed by atoms with Crippen molar-refractivity contribution in [1.29, 1.82) is 0 Å². The lowest BCUT2D eigenvalue weighted by Crippen LogP contribution is -2.30. The maximum atomic E-state index is 13.9. The molecule has 3 rings (SSSR count). The maximum absolute atomic E-state index is 13.9. The Morgan fingerprint density at radius 2 is 2.05 bits per heavy atom. The number of carbonyl (C=O) groups is 1. The lowest BCUT2D eigenvalue weighted by Gasteiger charge is -2.26. The highest BCUT2D eigenvalue weighted by Crippen LogP contribution is 2.37. The molecular formula is C18H18FNOS. The molecule has 2 nitrogen and oxygen atoms in total. The summed E-state index contributed by atoms with van der Waals surface area (Å²) >= 11 is 1.52. The van der Waals surface area contributed by atoms with Gasteiger partial charge in [-0.15, -0.1) is 11.8 Å². The molecule has 0 saturated carbocycles. The Bertz CT molecular complexity index is 684. The Morgan fingerprint density at radius 1 is 1.27 bits per heavy atom. The normalized spacial score (nSPS) is 16.9. The Hall–Kier alpha value is -1.81. The molecular weight excluding hydrogens is 297 g/mol. The molecule has 0 bridgehead atoms. The fourth-order valence-corrected chi connectivity index (χ4v) is 3.81. The molecule has 0 unspecified atom stereocenters. The molecule has 22 heavy (non-hydrogen) atoms. The van der Waals surface area contributed by atoms with Gasteiger partial charge in [-0.05, 0) is 42.2 Å². The van der Waals surface area contributed by atoms with Crippen LogP contribution in [0.3, 0.4) is 0 Å². The smallest absolute Gasteiger partial charge is 0.251 e. The van der Waals surface area contributed by atoms with Crippen LogP contribution in [-0.4, -0.2) is 11.7 Å². The summed E-state index contributed by atoms with van der Waals surface area (Å²) in [5.74, 6) is 0.511. The van der Waals surface area contributed by atoms with Crippen LogP contribution in [0.2, 0.25) is 0 Å². The topological polar surface area (TPSA) is 29.1 Å². The molecule has 1 atom stereocenters. The van der Waals surface area contributed by atoms with E-state index in [4.69, 9.17) is 0 Å². The van der Waals surface area contributed by atoms with E-state index in [0.717, 1.165) is 24.2 Å². The predicted octanol–water partition coefficient (Wildman–Crippen LogP) is 4.36. The highest BCUT2D eigenvalue weighted by molar-refractivity contribution is 7.99. The summed E-state index contributed by atoms with van der Waals surface area (Å²) in [5.41, 5.74) is 2.74. The fraction of sp³-hybridized carbons (Fsp3) is 0.278. The molecule has 0 saturated heterocycles. The molecule has 2 aromatic rings. The van der Waals surface area contributed by atoms with Crippen LogP contribution in [0, 0.1) is 5.82 Å². The summed E-state index contributed by atoms with van der Waals surface area (Å²) in [6, 6.07) is 12.6. The minimum atomic E-state index is -0.200. The summed E-state index contributed by atoms with van der Waals surface area (Å²) in [7, 11) is 0. The zero-order chi connectivity index (χ0) is 15.5. The molecule has 0 aromatic heterocycles. The largest absolute Gasteiger partial charge is 0.345 e. The van der Waals surface area contributed by atoms with Gasteiger partial charge in [-0.3, -0.25) is 4.79 Å². The standard InChI is InChI=1S/C18H18FNOS/c1-2-12-6-8-13(9-7-12)18(21)20-16-10-11-22-17-14(16)4-3-5-15(17)19/h3-9,16H,2,10-11H2,1H3,(H,20,21)/t16-/m1/s1. The Kier molecular flexibility index (Phi) is 4.48. The van der Waals surface area contributed by atoms with Crippen molar-refractivity contribution in [2.45, 2.75) is 30.7 Å². The second-order valence-corrected chi connectivity index (χ2v) is 6.48. The van der Waals surface area contributed by atoms with Crippen molar-refractivity contribution in [3.8, 4) is 0 Å². The molecule has 2 aromatic carbocycles. The number of halogens is 1. The Morgan fingerprint density at radius 3 is 2.77 bits per heavy atom. The first-order valence-electron chi connectivity index (χ1n) is 7.50. The van der Waals surface area contributed by atoms with Crippen molar-refractivity contribution >= 4 is 17.7 Å². The number of hydrogen-bond donors (Lipinski definition) is 1. The van der Waals surface area contributed by atoms with Crippen LogP contribution in [-0.2, 0) is 6.42 Å². The molecule has 1 N–H and O–H groups in total. The van der Waals surface area contributed by atoms with Gasteiger partial charge in [-0.2, -0.15) is 0 Å². The molecule has 114 valence electrons. The summed E-state index contributed by atoms with van der Waals surface area (Å²) in [4.78, 5) is 13.1. The van der Waals surface area contributed by atoms with Gasteiger partial charge in [0.05, 0.1) is 6.04 Å². The first-order valence-corrected chi connectivity index (χ1v) is 8.48. The summed E-state index contributed by atoms with van der Waals surface area (Å²) in [5, 5.41) is 3.04. The molecule has 0 radical (unpaired) electrons. The van der Waals surface area contributed by atoms with E-state index in [0.29, 0.717) is 10.5 Å². The van der Waals surface area contributed by atoms with Gasteiger partial charge in [-0.25, -0.2) is 4.39 Å². The number of thioether (sulfide) groups is 1. The molecule has 1 aliphatic rings. The minimum Gasteiger partial charge on any atom is -0.345 e. The number of benzene rings is 2. The second-order valence-electron chi connectivity index (χ2n) is 5.37. The van der Waals surface area contributed by atoms with E-state index < -0.39 is 0 Å². The number of fused-ring (bicyclic) bond motifs is 1. The van der Waals surface area contributed by atoms with E-state index in [2.05, 4.69) is 12.2 Å². The van der Waals surface area contributed by atoms with Crippen molar-refractivity contribution in [2.24, 2.45) is 0 Å². The first-order chi connectivity index (χ1) is 10.7. The van der Waals surface area contributed by atoms with Crippen LogP contribution in [0.1, 0.15) is 40.9 Å². The molecule has 0 spiro atoms. The van der Waals surface area contributed by atoms with Gasteiger partial charge >= 0.3 is 0 Å². The van der Waals surface area contributed by atoms with Crippen molar-refractivity contribution < 1.29 is 9.18 Å². The zero-order valence-corrected chi connectivity index (χ0v) is 13.3. The Balaban J connectivity index is 1.79. The Labute approximate surface area is 134 Å². The van der Waals surface area contributed by atoms with Gasteiger partial charge < -0.3 is 5.32 Å². The average molecular weight is 315 g/mol. The van der Waals surface area contributed by atoms with E-state index in [1.807, 2.05) is 30.3 Å². The summed E-state index contributed by atoms with van der Waals surface area (Å²) in [6.45, 7) is 2.08. The van der Waals surface area contributed by atoms with Gasteiger partial charge in [0.25, 0.3) is 5.91 Å². The van der Waals surface area contributed by atoms with Crippen LogP contribution in [0.15, 0.2) is 47.4 Å². The van der Waals surface area contributed by atoms with E-state index in [1.54, 1.807) is 6.07 Å². The monoisotopic (exact) mass is 315 g/mol. The van der Waals surface area contributed by atoms with Crippen molar-refractivity contribution in [2.75, 3.05) is 5.75 Å². The average Bonchev–Trinajstić information content (AvgIpc) is 2.56. The number of aryl methyl sites for hydroxylation is 1. The van der Waals surface area contributed by atoms with Gasteiger partial charge in [0, 0.05) is 16.2 Å². The minimum absolute atomic E-state index is 0.102. The third-order valence-corrected chi connectivity index (χ3v) is 5.11. The summed E-state index contributed by atoms with van der Waals surface area (Å²) < 4.78 is 13.9. The van der Waals surface area contributed by atoms with E-state index in [-0.39, 0.29) is 17.8 Å². The zero-order valence-electron chi connectivity index (χ0n) is 12.4. The number of amides is 1. The predicted molar refractivity (Wildman–Crippen MR) is 87.8 cm³/mol. The lowest BCUT2D eigenvalue weighted by molar-refractivity contribution is 0.0934. The lowest BCUT2D eigenvalue weighted by atomic mass is 10.0. The van der Waals surface area contributed by atoms with Crippen molar-refractivity contribution in [3.63, 3.8) is 0 Å². The quantitative estimate of drug-likeness (QED) is 0.912. The van der Waals surface area contributed by atoms with Gasteiger partial charge in [0.15, 0.2) is 0 Å². The number of hydrogen-bond acceptors (Lipinski definition) is 2. The van der Waals surface area contributed by atoms with Crippen molar-refractivity contribution in [3.05, 3.63) is 65.0 Å². The van der Waals surface area contributed by atoms with Gasteiger partial charge in [-0.1, -0.05) is 31.2 Å². The second kappa shape index (κ2) is 6.53. The highest BCUT2D eigenvalue weighted by atomic mass is 32.2. The number of carbonyl (C=O) groups excluding carboxylic acids is 1. The third kappa shape index (κ3) is 3.02. The molecule has 1 aliphatic heterocycles. The molecule has 0 aliphatic carbocycles. The summed E-state index contributed by atoms with van der Waals surface area (Å²) in [6.07, 6.45) is 1.77. The van der Waals surface area contributed by atoms with E-state index in [1.165, 1.54) is 23.4 Å². The third-order valence-electron chi connectivity index (χ3n) is 3.96. The first kappa shape index (κ1) is 15.1. The molecule has 1 heterocycles. The van der Waals surface area contributed by atoms with E-state index in [9.17, 15) is 9.18 Å². The van der Waals surface area contributed by atoms with Crippen LogP contribution in [0.4, 0.5) is 4.39 Å².